The van der Waals surface area contributed by atoms with E-state index in [4.69, 9.17) is 19.0 Å². The number of amidine groups is 2. The molecule has 7 heteroatoms. The van der Waals surface area contributed by atoms with Crippen LogP contribution in [0.1, 0.15) is 27.7 Å². The third-order valence-corrected chi connectivity index (χ3v) is 5.48. The molecule has 24 heavy (non-hydrogen) atoms. The van der Waals surface area contributed by atoms with Gasteiger partial charge in [0.25, 0.3) is 0 Å². The van der Waals surface area contributed by atoms with E-state index in [2.05, 4.69) is 0 Å². The summed E-state index contributed by atoms with van der Waals surface area (Å²) in [5.74, 6) is 1.70. The summed E-state index contributed by atoms with van der Waals surface area (Å²) in [6.07, 6.45) is 0. The second-order valence-electron chi connectivity index (χ2n) is 6.10. The molecule has 0 fully saturated rings. The second kappa shape index (κ2) is 8.78. The van der Waals surface area contributed by atoms with Gasteiger partial charge in [-0.25, -0.2) is 9.51 Å². The van der Waals surface area contributed by atoms with Gasteiger partial charge >= 0.3 is 7.51 Å². The third-order valence-electron chi connectivity index (χ3n) is 3.19. The van der Waals surface area contributed by atoms with Crippen molar-refractivity contribution in [1.29, 1.82) is 0 Å². The zero-order chi connectivity index (χ0) is 18.3. The lowest BCUT2D eigenvalue weighted by Gasteiger charge is -2.19. The normalized spacial score (nSPS) is 14.7. The minimum Gasteiger partial charge on any atom is -0.366 e. The monoisotopic (exact) mass is 348 g/mol. The first-order valence-electron chi connectivity index (χ1n) is 7.84. The Hall–Kier alpha value is -1.94. The van der Waals surface area contributed by atoms with Crippen LogP contribution in [-0.4, -0.2) is 55.4 Å². The number of hydrogen-bond donors (Lipinski definition) is 0. The summed E-state index contributed by atoms with van der Waals surface area (Å²) in [7, 11) is 5.15. The van der Waals surface area contributed by atoms with Gasteiger partial charge < -0.3 is 9.80 Å². The smallest absolute Gasteiger partial charge is 0.308 e. The van der Waals surface area contributed by atoms with Crippen LogP contribution in [0.2, 0.25) is 0 Å². The Labute approximate surface area is 146 Å². The van der Waals surface area contributed by atoms with E-state index in [-0.39, 0.29) is 0 Å². The molecule has 1 aromatic carbocycles. The van der Waals surface area contributed by atoms with Crippen molar-refractivity contribution in [3.63, 3.8) is 0 Å². The topological polar surface area (TPSA) is 55.9 Å². The average Bonchev–Trinajstić information content (AvgIpc) is 2.46. The molecule has 0 aromatic heterocycles. The summed E-state index contributed by atoms with van der Waals surface area (Å²) >= 11 is 0. The summed E-state index contributed by atoms with van der Waals surface area (Å²) < 4.78 is 19.4. The van der Waals surface area contributed by atoms with Gasteiger partial charge in [0, 0.05) is 33.9 Å². The Bertz CT molecular complexity index is 654. The molecule has 0 saturated heterocycles. The number of rotatable bonds is 4. The predicted molar refractivity (Wildman–Crippen MR) is 108 cm³/mol. The van der Waals surface area contributed by atoms with Gasteiger partial charge in [-0.2, -0.15) is 9.53 Å². The molecule has 1 rings (SSSR count). The maximum atomic E-state index is 4.87. The lowest BCUT2D eigenvalue weighted by molar-refractivity contribution is 0.618. The van der Waals surface area contributed by atoms with Crippen LogP contribution in [0.15, 0.2) is 49.4 Å². The van der Waals surface area contributed by atoms with Crippen LogP contribution in [0, 0.1) is 0 Å². The summed E-state index contributed by atoms with van der Waals surface area (Å²) in [4.78, 5) is 3.91. The van der Waals surface area contributed by atoms with Crippen LogP contribution < -0.4 is 0 Å². The van der Waals surface area contributed by atoms with Crippen molar-refractivity contribution < 1.29 is 0 Å². The minimum atomic E-state index is -2.69. The number of hydrogen-bond acceptors (Lipinski definition) is 1. The Morgan fingerprint density at radius 1 is 0.750 bits per heavy atom. The molecule has 0 heterocycles. The van der Waals surface area contributed by atoms with Gasteiger partial charge in [0.15, 0.2) is 0 Å². The van der Waals surface area contributed by atoms with E-state index in [9.17, 15) is 0 Å². The minimum absolute atomic E-state index is 0.835. The van der Waals surface area contributed by atoms with E-state index in [1.54, 1.807) is 0 Å². The van der Waals surface area contributed by atoms with Crippen LogP contribution in [0.25, 0.3) is 0 Å². The van der Waals surface area contributed by atoms with E-state index in [1.807, 2.05) is 96.0 Å². The average molecular weight is 348 g/mol. The quantitative estimate of drug-likeness (QED) is 0.450. The Morgan fingerprint density at radius 3 is 1.58 bits per heavy atom. The first-order chi connectivity index (χ1) is 11.1. The van der Waals surface area contributed by atoms with Crippen molar-refractivity contribution >= 4 is 30.6 Å². The van der Waals surface area contributed by atoms with Gasteiger partial charge in [-0.1, -0.05) is 18.2 Å². The first-order valence-corrected chi connectivity index (χ1v) is 9.44. The fourth-order valence-corrected chi connectivity index (χ4v) is 4.00. The first kappa shape index (κ1) is 20.1. The van der Waals surface area contributed by atoms with Gasteiger partial charge in [0.1, 0.15) is 11.7 Å². The molecule has 0 atom stereocenters. The molecule has 0 aliphatic rings. The molecule has 0 aliphatic carbocycles. The zero-order valence-corrected chi connectivity index (χ0v) is 16.9. The van der Waals surface area contributed by atoms with E-state index >= 15 is 0 Å². The molecule has 6 nitrogen and oxygen atoms in total. The lowest BCUT2D eigenvalue weighted by Crippen LogP contribution is -2.19. The van der Waals surface area contributed by atoms with Gasteiger partial charge in [0.05, 0.1) is 5.69 Å². The molecule has 1 aromatic rings. The van der Waals surface area contributed by atoms with E-state index < -0.39 is 7.51 Å². The molecule has 0 radical (unpaired) electrons. The van der Waals surface area contributed by atoms with E-state index in [0.29, 0.717) is 0 Å². The van der Waals surface area contributed by atoms with Gasteiger partial charge in [0.2, 0.25) is 0 Å². The standard InChI is InChI=1S/C17H29N6P/c1-14(2)18-24(19-15(3)22(5)6,20-16(4)23(7)8)21-17-12-10-9-11-13-17/h9-13H,1-8H3. The molecular formula is C17H29N6P. The second-order valence-corrected chi connectivity index (χ2v) is 7.98. The highest BCUT2D eigenvalue weighted by Gasteiger charge is 2.19. The van der Waals surface area contributed by atoms with Crippen molar-refractivity contribution in [3.05, 3.63) is 30.3 Å². The SMILES string of the molecule is CC(C)=NP(N=C(C)N(C)C)(N=C(C)N(C)C)=Nc1ccccc1. The molecule has 0 aliphatic heterocycles. The van der Waals surface area contributed by atoms with Crippen LogP contribution >= 0.6 is 7.51 Å². The molecule has 0 amide bonds. The molecule has 0 spiro atoms. The Kier molecular flexibility index (Phi) is 7.36. The highest BCUT2D eigenvalue weighted by molar-refractivity contribution is 7.63. The highest BCUT2D eigenvalue weighted by atomic mass is 31.2. The summed E-state index contributed by atoms with van der Waals surface area (Å²) in [5.41, 5.74) is 1.75. The molecular weight excluding hydrogens is 319 g/mol. The Balaban J connectivity index is 3.75. The van der Waals surface area contributed by atoms with Crippen molar-refractivity contribution in [1.82, 2.24) is 9.80 Å². The number of nitrogens with zero attached hydrogens (tertiary/aromatic N) is 6. The number of benzene rings is 1. The Morgan fingerprint density at radius 2 is 1.21 bits per heavy atom. The van der Waals surface area contributed by atoms with Crippen molar-refractivity contribution in [2.75, 3.05) is 28.2 Å². The van der Waals surface area contributed by atoms with E-state index in [0.717, 1.165) is 23.1 Å². The molecule has 132 valence electrons. The van der Waals surface area contributed by atoms with Crippen molar-refractivity contribution in [2.45, 2.75) is 27.7 Å². The van der Waals surface area contributed by atoms with Gasteiger partial charge in [-0.15, -0.1) is 0 Å². The maximum Gasteiger partial charge on any atom is 0.308 e. The summed E-state index contributed by atoms with van der Waals surface area (Å²) in [6, 6.07) is 9.80. The fourth-order valence-electron chi connectivity index (χ4n) is 1.62. The third kappa shape index (κ3) is 6.28. The summed E-state index contributed by atoms with van der Waals surface area (Å²) in [6.45, 7) is 7.82. The molecule has 0 N–H and O–H groups in total. The fraction of sp³-hybridized carbons (Fsp3) is 0.471. The maximum absolute atomic E-state index is 4.87. The molecule has 0 unspecified atom stereocenters. The predicted octanol–water partition coefficient (Wildman–Crippen LogP) is 4.71. The molecule has 0 bridgehead atoms. The highest BCUT2D eigenvalue weighted by Crippen LogP contribution is 2.57. The van der Waals surface area contributed by atoms with Crippen molar-refractivity contribution in [2.24, 2.45) is 19.0 Å². The van der Waals surface area contributed by atoms with Crippen LogP contribution in [0.4, 0.5) is 5.69 Å². The van der Waals surface area contributed by atoms with Crippen LogP contribution in [0.5, 0.6) is 0 Å². The zero-order valence-electron chi connectivity index (χ0n) is 16.0. The summed E-state index contributed by atoms with van der Waals surface area (Å²) in [5, 5.41) is 0. The van der Waals surface area contributed by atoms with Crippen molar-refractivity contribution in [3.8, 4) is 0 Å². The molecule has 0 saturated carbocycles. The van der Waals surface area contributed by atoms with Crippen LogP contribution in [0.3, 0.4) is 0 Å². The van der Waals surface area contributed by atoms with E-state index in [1.165, 1.54) is 0 Å². The lowest BCUT2D eigenvalue weighted by atomic mass is 10.3. The van der Waals surface area contributed by atoms with Gasteiger partial charge in [-0.3, -0.25) is 0 Å². The van der Waals surface area contributed by atoms with Gasteiger partial charge in [-0.05, 0) is 39.8 Å². The largest absolute Gasteiger partial charge is 0.366 e. The van der Waals surface area contributed by atoms with Crippen LogP contribution in [-0.2, 0) is 0 Å².